The van der Waals surface area contributed by atoms with Gasteiger partial charge in [-0.05, 0) is 71.0 Å². The van der Waals surface area contributed by atoms with Crippen molar-refractivity contribution in [2.24, 2.45) is 11.8 Å². The highest BCUT2D eigenvalue weighted by molar-refractivity contribution is 5.03. The zero-order valence-electron chi connectivity index (χ0n) is 13.7. The molecular weight excluding hydrogens is 246 g/mol. The molecular formula is C17H33N3. The summed E-state index contributed by atoms with van der Waals surface area (Å²) in [5, 5.41) is 3.84. The fourth-order valence-electron chi connectivity index (χ4n) is 4.20. The Kier molecular flexibility index (Phi) is 4.40. The van der Waals surface area contributed by atoms with Gasteiger partial charge in [0.05, 0.1) is 0 Å². The van der Waals surface area contributed by atoms with Gasteiger partial charge in [0.25, 0.3) is 0 Å². The summed E-state index contributed by atoms with van der Waals surface area (Å²) in [6.07, 6.45) is 5.70. The summed E-state index contributed by atoms with van der Waals surface area (Å²) < 4.78 is 0. The Hall–Kier alpha value is -0.120. The summed E-state index contributed by atoms with van der Waals surface area (Å²) >= 11 is 0. The van der Waals surface area contributed by atoms with Crippen molar-refractivity contribution in [1.82, 2.24) is 15.1 Å². The molecule has 0 bridgehead atoms. The number of hydrogen-bond acceptors (Lipinski definition) is 3. The zero-order chi connectivity index (χ0) is 14.2. The first-order chi connectivity index (χ1) is 9.60. The van der Waals surface area contributed by atoms with Crippen molar-refractivity contribution in [1.29, 1.82) is 0 Å². The lowest BCUT2D eigenvalue weighted by atomic mass is 9.89. The second kappa shape index (κ2) is 5.94. The van der Waals surface area contributed by atoms with Crippen LogP contribution in [0.3, 0.4) is 0 Å². The maximum atomic E-state index is 3.84. The molecule has 116 valence electrons. The summed E-state index contributed by atoms with van der Waals surface area (Å²) in [6, 6.07) is 0.714. The van der Waals surface area contributed by atoms with Gasteiger partial charge in [0.1, 0.15) is 0 Å². The van der Waals surface area contributed by atoms with Crippen molar-refractivity contribution in [3.63, 3.8) is 0 Å². The van der Waals surface area contributed by atoms with Gasteiger partial charge in [0, 0.05) is 31.2 Å². The quantitative estimate of drug-likeness (QED) is 0.851. The zero-order valence-corrected chi connectivity index (χ0v) is 13.7. The van der Waals surface area contributed by atoms with E-state index in [2.05, 4.69) is 35.9 Å². The highest BCUT2D eigenvalue weighted by Gasteiger charge is 2.45. The van der Waals surface area contributed by atoms with Crippen LogP contribution in [0.2, 0.25) is 0 Å². The fourth-order valence-corrected chi connectivity index (χ4v) is 4.20. The van der Waals surface area contributed by atoms with Crippen molar-refractivity contribution < 1.29 is 0 Å². The largest absolute Gasteiger partial charge is 0.308 e. The molecule has 1 saturated carbocycles. The second-order valence-electron chi connectivity index (χ2n) is 7.73. The minimum absolute atomic E-state index is 0.399. The average molecular weight is 279 g/mol. The van der Waals surface area contributed by atoms with E-state index in [1.165, 1.54) is 65.0 Å². The Morgan fingerprint density at radius 2 is 1.85 bits per heavy atom. The number of likely N-dealkylation sites (tertiary alicyclic amines) is 1. The Labute approximate surface area is 125 Å². The molecule has 3 fully saturated rings. The van der Waals surface area contributed by atoms with E-state index < -0.39 is 0 Å². The lowest BCUT2D eigenvalue weighted by molar-refractivity contribution is 0.0554. The van der Waals surface area contributed by atoms with Gasteiger partial charge in [-0.3, -0.25) is 4.90 Å². The van der Waals surface area contributed by atoms with Crippen molar-refractivity contribution >= 4 is 0 Å². The molecule has 20 heavy (non-hydrogen) atoms. The maximum Gasteiger partial charge on any atom is 0.0309 e. The predicted molar refractivity (Wildman–Crippen MR) is 85.0 cm³/mol. The van der Waals surface area contributed by atoms with Gasteiger partial charge >= 0.3 is 0 Å². The van der Waals surface area contributed by atoms with Crippen molar-refractivity contribution in [2.75, 3.05) is 39.3 Å². The fraction of sp³-hybridized carbons (Fsp3) is 1.00. The first-order valence-electron chi connectivity index (χ1n) is 8.82. The van der Waals surface area contributed by atoms with E-state index in [4.69, 9.17) is 0 Å². The van der Waals surface area contributed by atoms with Crippen molar-refractivity contribution in [3.8, 4) is 0 Å². The van der Waals surface area contributed by atoms with Gasteiger partial charge in [-0.15, -0.1) is 0 Å². The Morgan fingerprint density at radius 3 is 2.45 bits per heavy atom. The molecule has 0 aromatic heterocycles. The normalized spacial score (nSPS) is 38.2. The van der Waals surface area contributed by atoms with Crippen LogP contribution in [-0.2, 0) is 0 Å². The van der Waals surface area contributed by atoms with E-state index >= 15 is 0 Å². The van der Waals surface area contributed by atoms with Crippen LogP contribution in [0.15, 0.2) is 0 Å². The van der Waals surface area contributed by atoms with Gasteiger partial charge in [0.15, 0.2) is 0 Å². The van der Waals surface area contributed by atoms with Gasteiger partial charge < -0.3 is 10.2 Å². The number of hydrogen-bond donors (Lipinski definition) is 1. The molecule has 2 saturated heterocycles. The smallest absolute Gasteiger partial charge is 0.0309 e. The van der Waals surface area contributed by atoms with Gasteiger partial charge in [-0.1, -0.05) is 6.92 Å². The molecule has 3 aliphatic rings. The number of piperidine rings is 1. The van der Waals surface area contributed by atoms with Crippen LogP contribution in [0.1, 0.15) is 46.5 Å². The first-order valence-corrected chi connectivity index (χ1v) is 8.82. The standard InChI is InChI=1S/C17H33N3/c1-4-19-9-7-15(8-10-19)12-20-13-17(3,16-5-6-16)18-11-14(20)2/h14-16,18H,4-13H2,1-3H3. The summed E-state index contributed by atoms with van der Waals surface area (Å²) in [7, 11) is 0. The highest BCUT2D eigenvalue weighted by Crippen LogP contribution is 2.41. The number of nitrogens with one attached hydrogen (secondary N) is 1. The molecule has 0 amide bonds. The third-order valence-electron chi connectivity index (χ3n) is 6.08. The van der Waals surface area contributed by atoms with E-state index in [-0.39, 0.29) is 0 Å². The van der Waals surface area contributed by atoms with Crippen molar-refractivity contribution in [2.45, 2.75) is 58.0 Å². The third kappa shape index (κ3) is 3.20. The molecule has 0 aromatic rings. The molecule has 1 N–H and O–H groups in total. The Morgan fingerprint density at radius 1 is 1.15 bits per heavy atom. The van der Waals surface area contributed by atoms with Crippen LogP contribution in [0.5, 0.6) is 0 Å². The highest BCUT2D eigenvalue weighted by atomic mass is 15.3. The number of nitrogens with zero attached hydrogens (tertiary/aromatic N) is 2. The summed E-state index contributed by atoms with van der Waals surface area (Å²) in [4.78, 5) is 5.40. The number of rotatable bonds is 4. The molecule has 0 spiro atoms. The third-order valence-corrected chi connectivity index (χ3v) is 6.08. The monoisotopic (exact) mass is 279 g/mol. The lowest BCUT2D eigenvalue weighted by Crippen LogP contribution is -2.64. The van der Waals surface area contributed by atoms with Crippen molar-refractivity contribution in [3.05, 3.63) is 0 Å². The predicted octanol–water partition coefficient (Wildman–Crippen LogP) is 2.18. The van der Waals surface area contributed by atoms with Crippen LogP contribution in [0.4, 0.5) is 0 Å². The van der Waals surface area contributed by atoms with E-state index in [1.807, 2.05) is 0 Å². The maximum absolute atomic E-state index is 3.84. The molecule has 2 unspecified atom stereocenters. The van der Waals surface area contributed by atoms with Crippen LogP contribution >= 0.6 is 0 Å². The van der Waals surface area contributed by atoms with Gasteiger partial charge in [0.2, 0.25) is 0 Å². The van der Waals surface area contributed by atoms with Crippen LogP contribution in [-0.4, -0.2) is 60.6 Å². The van der Waals surface area contributed by atoms with Crippen LogP contribution in [0.25, 0.3) is 0 Å². The van der Waals surface area contributed by atoms with E-state index in [1.54, 1.807) is 0 Å². The minimum Gasteiger partial charge on any atom is -0.308 e. The van der Waals surface area contributed by atoms with E-state index in [9.17, 15) is 0 Å². The van der Waals surface area contributed by atoms with E-state index in [0.717, 1.165) is 11.8 Å². The molecule has 2 atom stereocenters. The summed E-state index contributed by atoms with van der Waals surface area (Å²) in [6.45, 7) is 14.8. The molecule has 3 nitrogen and oxygen atoms in total. The SMILES string of the molecule is CCN1CCC(CN2CC(C)(C3CC3)NCC2C)CC1. The Bertz CT molecular complexity index is 320. The molecule has 0 aromatic carbocycles. The molecule has 3 rings (SSSR count). The lowest BCUT2D eigenvalue weighted by Gasteiger charge is -2.47. The van der Waals surface area contributed by atoms with Gasteiger partial charge in [-0.2, -0.15) is 0 Å². The summed E-state index contributed by atoms with van der Waals surface area (Å²) in [5.74, 6) is 1.88. The first kappa shape index (κ1) is 14.8. The number of piperazine rings is 1. The Balaban J connectivity index is 1.53. The summed E-state index contributed by atoms with van der Waals surface area (Å²) in [5.41, 5.74) is 0.399. The topological polar surface area (TPSA) is 18.5 Å². The second-order valence-corrected chi connectivity index (χ2v) is 7.73. The molecule has 1 aliphatic carbocycles. The average Bonchev–Trinajstić information content (AvgIpc) is 3.29. The molecule has 3 heteroatoms. The molecule has 2 aliphatic heterocycles. The minimum atomic E-state index is 0.399. The molecule has 0 radical (unpaired) electrons. The van der Waals surface area contributed by atoms with Crippen LogP contribution < -0.4 is 5.32 Å². The molecule has 2 heterocycles. The van der Waals surface area contributed by atoms with E-state index in [0.29, 0.717) is 11.6 Å². The van der Waals surface area contributed by atoms with Gasteiger partial charge in [-0.25, -0.2) is 0 Å². The van der Waals surface area contributed by atoms with Crippen LogP contribution in [0, 0.1) is 11.8 Å².